The van der Waals surface area contributed by atoms with Crippen LogP contribution in [-0.4, -0.2) is 23.6 Å². The summed E-state index contributed by atoms with van der Waals surface area (Å²) in [6.45, 7) is 1.37. The van der Waals surface area contributed by atoms with Gasteiger partial charge in [0, 0.05) is 6.54 Å². The van der Waals surface area contributed by atoms with E-state index in [4.69, 9.17) is 10.5 Å². The molecule has 0 aliphatic carbocycles. The van der Waals surface area contributed by atoms with Crippen LogP contribution in [-0.2, 0) is 13.0 Å². The van der Waals surface area contributed by atoms with Crippen molar-refractivity contribution < 1.29 is 4.74 Å². The van der Waals surface area contributed by atoms with Gasteiger partial charge >= 0.3 is 0 Å². The maximum atomic E-state index is 5.52. The van der Waals surface area contributed by atoms with E-state index in [0.717, 1.165) is 6.42 Å². The maximum absolute atomic E-state index is 5.52. The molecule has 19 heavy (non-hydrogen) atoms. The summed E-state index contributed by atoms with van der Waals surface area (Å²) in [6, 6.07) is 8.36. The van der Waals surface area contributed by atoms with E-state index >= 15 is 0 Å². The zero-order valence-corrected chi connectivity index (χ0v) is 11.0. The molecule has 2 aromatic rings. The second kappa shape index (κ2) is 6.70. The predicted octanol–water partition coefficient (Wildman–Crippen LogP) is 1.60. The minimum atomic E-state index is 0.590. The summed E-state index contributed by atoms with van der Waals surface area (Å²) in [5, 5.41) is 3.16. The topological polar surface area (TPSA) is 73.1 Å². The fourth-order valence-corrected chi connectivity index (χ4v) is 1.68. The molecular formula is C14H18N4O. The van der Waals surface area contributed by atoms with E-state index in [0.29, 0.717) is 24.8 Å². The van der Waals surface area contributed by atoms with Crippen molar-refractivity contribution in [3.8, 4) is 5.75 Å². The third kappa shape index (κ3) is 3.93. The summed E-state index contributed by atoms with van der Waals surface area (Å²) in [5.74, 6) is 1.24. The first-order valence-corrected chi connectivity index (χ1v) is 6.19. The predicted molar refractivity (Wildman–Crippen MR) is 75.1 cm³/mol. The van der Waals surface area contributed by atoms with Crippen molar-refractivity contribution in [3.63, 3.8) is 0 Å². The van der Waals surface area contributed by atoms with E-state index in [9.17, 15) is 0 Å². The number of nitrogens with zero attached hydrogens (tertiary/aromatic N) is 2. The number of hydrogen-bond acceptors (Lipinski definition) is 5. The summed E-state index contributed by atoms with van der Waals surface area (Å²) < 4.78 is 5.01. The molecule has 0 saturated carbocycles. The number of hydrogen-bond donors (Lipinski definition) is 2. The third-order valence-electron chi connectivity index (χ3n) is 2.77. The first kappa shape index (κ1) is 13.3. The van der Waals surface area contributed by atoms with Crippen LogP contribution in [0.15, 0.2) is 36.7 Å². The van der Waals surface area contributed by atoms with Gasteiger partial charge in [0.2, 0.25) is 5.95 Å². The Labute approximate surface area is 112 Å². The second-order valence-corrected chi connectivity index (χ2v) is 4.16. The van der Waals surface area contributed by atoms with Crippen LogP contribution >= 0.6 is 0 Å². The molecule has 1 aromatic heterocycles. The van der Waals surface area contributed by atoms with E-state index in [2.05, 4.69) is 39.6 Å². The number of rotatable bonds is 6. The lowest BCUT2D eigenvalue weighted by Gasteiger charge is -2.06. The Kier molecular flexibility index (Phi) is 4.69. The first-order valence-electron chi connectivity index (χ1n) is 6.19. The molecular weight excluding hydrogens is 240 g/mol. The fraction of sp³-hybridized carbons (Fsp3) is 0.286. The van der Waals surface area contributed by atoms with Gasteiger partial charge in [-0.15, -0.1) is 0 Å². The second-order valence-electron chi connectivity index (χ2n) is 4.16. The van der Waals surface area contributed by atoms with Crippen molar-refractivity contribution in [3.05, 3.63) is 47.8 Å². The smallest absolute Gasteiger partial charge is 0.223 e. The van der Waals surface area contributed by atoms with Crippen LogP contribution in [0.5, 0.6) is 5.75 Å². The minimum Gasteiger partial charge on any atom is -0.494 e. The Morgan fingerprint density at radius 1 is 1.11 bits per heavy atom. The molecule has 0 atom stereocenters. The van der Waals surface area contributed by atoms with Crippen molar-refractivity contribution in [2.24, 2.45) is 5.73 Å². The zero-order valence-electron chi connectivity index (χ0n) is 11.0. The van der Waals surface area contributed by atoms with Crippen LogP contribution in [0, 0.1) is 0 Å². The Bertz CT molecular complexity index is 496. The number of anilines is 1. The van der Waals surface area contributed by atoms with Gasteiger partial charge in [0.15, 0.2) is 5.75 Å². The molecule has 3 N–H and O–H groups in total. The van der Waals surface area contributed by atoms with Crippen molar-refractivity contribution in [2.75, 3.05) is 19.0 Å². The van der Waals surface area contributed by atoms with Crippen LogP contribution in [0.2, 0.25) is 0 Å². The van der Waals surface area contributed by atoms with E-state index in [-0.39, 0.29) is 0 Å². The van der Waals surface area contributed by atoms with Crippen LogP contribution in [0.4, 0.5) is 5.95 Å². The lowest BCUT2D eigenvalue weighted by atomic mass is 10.1. The van der Waals surface area contributed by atoms with Crippen LogP contribution in [0.25, 0.3) is 0 Å². The molecule has 0 unspecified atom stereocenters. The van der Waals surface area contributed by atoms with E-state index in [1.807, 2.05) is 0 Å². The molecule has 1 heterocycles. The first-order chi connectivity index (χ1) is 9.31. The summed E-state index contributed by atoms with van der Waals surface area (Å²) in [7, 11) is 1.59. The molecule has 0 amide bonds. The van der Waals surface area contributed by atoms with Crippen molar-refractivity contribution in [1.82, 2.24) is 9.97 Å². The molecule has 5 heteroatoms. The van der Waals surface area contributed by atoms with Crippen molar-refractivity contribution >= 4 is 5.95 Å². The van der Waals surface area contributed by atoms with Gasteiger partial charge in [-0.2, -0.15) is 0 Å². The molecule has 0 aliphatic heterocycles. The van der Waals surface area contributed by atoms with Crippen molar-refractivity contribution in [1.29, 1.82) is 0 Å². The third-order valence-corrected chi connectivity index (χ3v) is 2.77. The SMILES string of the molecule is COc1cnc(NCc2ccc(CCN)cc2)nc1. The fourth-order valence-electron chi connectivity index (χ4n) is 1.68. The summed E-state index contributed by atoms with van der Waals surface area (Å²) >= 11 is 0. The highest BCUT2D eigenvalue weighted by Gasteiger charge is 1.98. The highest BCUT2D eigenvalue weighted by molar-refractivity contribution is 5.30. The lowest BCUT2D eigenvalue weighted by Crippen LogP contribution is -2.05. The lowest BCUT2D eigenvalue weighted by molar-refractivity contribution is 0.411. The molecule has 100 valence electrons. The minimum absolute atomic E-state index is 0.590. The summed E-state index contributed by atoms with van der Waals surface area (Å²) in [4.78, 5) is 8.30. The van der Waals surface area contributed by atoms with Gasteiger partial charge in [0.1, 0.15) is 0 Å². The molecule has 0 bridgehead atoms. The van der Waals surface area contributed by atoms with E-state index in [1.54, 1.807) is 19.5 Å². The Morgan fingerprint density at radius 3 is 2.32 bits per heavy atom. The van der Waals surface area contributed by atoms with Crippen LogP contribution < -0.4 is 15.8 Å². The van der Waals surface area contributed by atoms with Gasteiger partial charge in [0.05, 0.1) is 19.5 Å². The Morgan fingerprint density at radius 2 is 1.74 bits per heavy atom. The Hall–Kier alpha value is -2.14. The number of methoxy groups -OCH3 is 1. The monoisotopic (exact) mass is 258 g/mol. The Balaban J connectivity index is 1.90. The average Bonchev–Trinajstić information content (AvgIpc) is 2.47. The van der Waals surface area contributed by atoms with Gasteiger partial charge in [-0.25, -0.2) is 9.97 Å². The molecule has 0 saturated heterocycles. The number of ether oxygens (including phenoxy) is 1. The van der Waals surface area contributed by atoms with Gasteiger partial charge in [-0.1, -0.05) is 24.3 Å². The van der Waals surface area contributed by atoms with Gasteiger partial charge in [0.25, 0.3) is 0 Å². The number of nitrogens with one attached hydrogen (secondary N) is 1. The molecule has 0 radical (unpaired) electrons. The molecule has 0 aliphatic rings. The number of nitrogens with two attached hydrogens (primary N) is 1. The summed E-state index contributed by atoms with van der Waals surface area (Å²) in [6.07, 6.45) is 4.19. The zero-order chi connectivity index (χ0) is 13.5. The van der Waals surface area contributed by atoms with Gasteiger partial charge in [-0.05, 0) is 24.1 Å². The number of aromatic nitrogens is 2. The van der Waals surface area contributed by atoms with Crippen molar-refractivity contribution in [2.45, 2.75) is 13.0 Å². The van der Waals surface area contributed by atoms with Crippen LogP contribution in [0.1, 0.15) is 11.1 Å². The van der Waals surface area contributed by atoms with Gasteiger partial charge in [-0.3, -0.25) is 0 Å². The molecule has 2 rings (SSSR count). The molecule has 1 aromatic carbocycles. The quantitative estimate of drug-likeness (QED) is 0.823. The summed E-state index contributed by atoms with van der Waals surface area (Å²) in [5.41, 5.74) is 7.95. The average molecular weight is 258 g/mol. The highest BCUT2D eigenvalue weighted by atomic mass is 16.5. The molecule has 0 fully saturated rings. The normalized spacial score (nSPS) is 10.2. The molecule has 0 spiro atoms. The van der Waals surface area contributed by atoms with Gasteiger partial charge < -0.3 is 15.8 Å². The van der Waals surface area contributed by atoms with E-state index < -0.39 is 0 Å². The molecule has 5 nitrogen and oxygen atoms in total. The largest absolute Gasteiger partial charge is 0.494 e. The maximum Gasteiger partial charge on any atom is 0.223 e. The van der Waals surface area contributed by atoms with Crippen LogP contribution in [0.3, 0.4) is 0 Å². The number of benzene rings is 1. The highest BCUT2D eigenvalue weighted by Crippen LogP contribution is 2.09. The van der Waals surface area contributed by atoms with E-state index in [1.165, 1.54) is 11.1 Å². The standard InChI is InChI=1S/C14H18N4O/c1-19-13-9-17-14(18-10-13)16-8-12-4-2-11(3-5-12)6-7-15/h2-5,9-10H,6-8,15H2,1H3,(H,16,17,18).